The molecule has 124 valence electrons. The van der Waals surface area contributed by atoms with E-state index in [2.05, 4.69) is 4.74 Å². The molecule has 1 N–H and O–H groups in total. The van der Waals surface area contributed by atoms with Crippen molar-refractivity contribution in [2.24, 2.45) is 0 Å². The zero-order valence-electron chi connectivity index (χ0n) is 13.1. The fraction of sp³-hybridized carbons (Fsp3) is 0.529. The molecule has 1 aliphatic carbocycles. The molecule has 6 nitrogen and oxygen atoms in total. The summed E-state index contributed by atoms with van der Waals surface area (Å²) in [5, 5.41) is 10.4. The molecular weight excluding hydrogens is 300 g/mol. The Morgan fingerprint density at radius 3 is 2.74 bits per heavy atom. The van der Waals surface area contributed by atoms with Crippen LogP contribution in [0.5, 0.6) is 17.2 Å². The van der Waals surface area contributed by atoms with Gasteiger partial charge in [-0.15, -0.1) is 0 Å². The number of hydrogen-bond donors (Lipinski definition) is 1. The van der Waals surface area contributed by atoms with Gasteiger partial charge in [-0.25, -0.2) is 4.79 Å². The maximum Gasteiger partial charge on any atom is 0.343 e. The van der Waals surface area contributed by atoms with E-state index in [4.69, 9.17) is 9.47 Å². The fourth-order valence-electron chi connectivity index (χ4n) is 3.30. The quantitative estimate of drug-likeness (QED) is 0.862. The van der Waals surface area contributed by atoms with Crippen molar-refractivity contribution in [3.05, 3.63) is 17.7 Å². The Balaban J connectivity index is 1.88. The molecule has 1 aliphatic heterocycles. The Morgan fingerprint density at radius 2 is 2.04 bits per heavy atom. The van der Waals surface area contributed by atoms with Crippen LogP contribution in [0.25, 0.3) is 0 Å². The van der Waals surface area contributed by atoms with Crippen molar-refractivity contribution in [1.82, 2.24) is 0 Å². The molecule has 1 aromatic rings. The van der Waals surface area contributed by atoms with Crippen molar-refractivity contribution >= 4 is 11.8 Å². The zero-order valence-corrected chi connectivity index (χ0v) is 13.1. The average molecular weight is 320 g/mol. The monoisotopic (exact) mass is 320 g/mol. The largest absolute Gasteiger partial charge is 0.502 e. The van der Waals surface area contributed by atoms with Gasteiger partial charge < -0.3 is 19.3 Å². The van der Waals surface area contributed by atoms with Gasteiger partial charge in [0.25, 0.3) is 0 Å². The lowest BCUT2D eigenvalue weighted by Crippen LogP contribution is -2.43. The minimum absolute atomic E-state index is 0.0250. The first kappa shape index (κ1) is 15.6. The molecule has 0 aromatic heterocycles. The van der Waals surface area contributed by atoms with Gasteiger partial charge in [-0.1, -0.05) is 6.42 Å². The topological polar surface area (TPSA) is 82.1 Å². The lowest BCUT2D eigenvalue weighted by molar-refractivity contribution is -0.142. The molecule has 0 unspecified atom stereocenters. The van der Waals surface area contributed by atoms with Crippen LogP contribution in [0.1, 0.15) is 48.9 Å². The Hall–Kier alpha value is -2.24. The van der Waals surface area contributed by atoms with Crippen LogP contribution >= 0.6 is 0 Å². The Bertz CT molecular complexity index is 630. The van der Waals surface area contributed by atoms with Gasteiger partial charge in [0.05, 0.1) is 19.1 Å². The molecular formula is C17H20O6. The van der Waals surface area contributed by atoms with E-state index in [0.29, 0.717) is 12.0 Å². The summed E-state index contributed by atoms with van der Waals surface area (Å²) in [5.41, 5.74) is -0.148. The summed E-state index contributed by atoms with van der Waals surface area (Å²) in [4.78, 5) is 23.6. The number of ketones is 1. The predicted molar refractivity (Wildman–Crippen MR) is 81.0 cm³/mol. The minimum atomic E-state index is -0.553. The van der Waals surface area contributed by atoms with Crippen molar-refractivity contribution in [3.8, 4) is 17.2 Å². The van der Waals surface area contributed by atoms with Crippen LogP contribution in [-0.2, 0) is 9.53 Å². The first-order chi connectivity index (χ1) is 11.0. The van der Waals surface area contributed by atoms with Crippen LogP contribution in [0.2, 0.25) is 0 Å². The molecule has 1 saturated carbocycles. The van der Waals surface area contributed by atoms with E-state index in [9.17, 15) is 14.7 Å². The Labute approximate surface area is 134 Å². The SMILES string of the molecule is COC(=O)COc1ccc2c(c1O)OC1(CCCCC1)CC2=O. The number of Topliss-reactive ketones (excluding diaryl/α,β-unsaturated/α-hetero) is 1. The molecule has 0 amide bonds. The molecule has 23 heavy (non-hydrogen) atoms. The number of methoxy groups -OCH3 is 1. The Kier molecular flexibility index (Phi) is 4.15. The number of fused-ring (bicyclic) bond motifs is 1. The number of carbonyl (C=O) groups is 2. The number of phenols is 1. The predicted octanol–water partition coefficient (Wildman–Crippen LogP) is 2.61. The molecule has 1 aromatic carbocycles. The molecule has 2 aliphatic rings. The van der Waals surface area contributed by atoms with Gasteiger partial charge in [-0.2, -0.15) is 0 Å². The first-order valence-corrected chi connectivity index (χ1v) is 7.82. The van der Waals surface area contributed by atoms with Gasteiger partial charge in [0.2, 0.25) is 5.75 Å². The van der Waals surface area contributed by atoms with Crippen molar-refractivity contribution < 1.29 is 28.9 Å². The van der Waals surface area contributed by atoms with Gasteiger partial charge in [-0.05, 0) is 37.8 Å². The van der Waals surface area contributed by atoms with Crippen molar-refractivity contribution in [2.45, 2.75) is 44.1 Å². The van der Waals surface area contributed by atoms with E-state index in [1.807, 2.05) is 0 Å². The summed E-state index contributed by atoms with van der Waals surface area (Å²) in [7, 11) is 1.26. The molecule has 0 bridgehead atoms. The van der Waals surface area contributed by atoms with Gasteiger partial charge in [0, 0.05) is 0 Å². The third-order valence-corrected chi connectivity index (χ3v) is 4.53. The fourth-order valence-corrected chi connectivity index (χ4v) is 3.30. The number of rotatable bonds is 3. The maximum absolute atomic E-state index is 12.4. The molecule has 1 spiro atoms. The number of ether oxygens (including phenoxy) is 3. The zero-order chi connectivity index (χ0) is 16.4. The lowest BCUT2D eigenvalue weighted by atomic mass is 9.78. The highest BCUT2D eigenvalue weighted by molar-refractivity contribution is 6.01. The third kappa shape index (κ3) is 2.98. The molecule has 6 heteroatoms. The second-order valence-corrected chi connectivity index (χ2v) is 6.10. The number of hydrogen-bond acceptors (Lipinski definition) is 6. The summed E-state index contributed by atoms with van der Waals surface area (Å²) < 4.78 is 15.8. The lowest BCUT2D eigenvalue weighted by Gasteiger charge is -2.40. The number of esters is 1. The number of carbonyl (C=O) groups excluding carboxylic acids is 2. The summed E-state index contributed by atoms with van der Waals surface area (Å²) in [6.45, 7) is -0.318. The highest BCUT2D eigenvalue weighted by Crippen LogP contribution is 2.48. The molecule has 1 heterocycles. The maximum atomic E-state index is 12.4. The van der Waals surface area contributed by atoms with Crippen LogP contribution in [0.4, 0.5) is 0 Å². The molecule has 0 radical (unpaired) electrons. The van der Waals surface area contributed by atoms with Crippen LogP contribution in [-0.4, -0.2) is 36.2 Å². The van der Waals surface area contributed by atoms with Gasteiger partial charge >= 0.3 is 5.97 Å². The number of benzene rings is 1. The van der Waals surface area contributed by atoms with Crippen LogP contribution in [0.3, 0.4) is 0 Å². The first-order valence-electron chi connectivity index (χ1n) is 7.82. The molecule has 1 fully saturated rings. The Morgan fingerprint density at radius 1 is 1.30 bits per heavy atom. The summed E-state index contributed by atoms with van der Waals surface area (Å²) >= 11 is 0. The van der Waals surface area contributed by atoms with E-state index >= 15 is 0 Å². The van der Waals surface area contributed by atoms with E-state index in [1.165, 1.54) is 13.2 Å². The minimum Gasteiger partial charge on any atom is -0.502 e. The van der Waals surface area contributed by atoms with E-state index in [-0.39, 0.29) is 29.6 Å². The van der Waals surface area contributed by atoms with Crippen LogP contribution in [0.15, 0.2) is 12.1 Å². The highest BCUT2D eigenvalue weighted by atomic mass is 16.6. The summed E-state index contributed by atoms with van der Waals surface area (Å²) in [5.74, 6) is -0.532. The van der Waals surface area contributed by atoms with Gasteiger partial charge in [0.1, 0.15) is 5.60 Å². The molecule has 0 atom stereocenters. The van der Waals surface area contributed by atoms with Gasteiger partial charge in [0.15, 0.2) is 23.9 Å². The average Bonchev–Trinajstić information content (AvgIpc) is 2.55. The second-order valence-electron chi connectivity index (χ2n) is 6.10. The second kappa shape index (κ2) is 6.10. The van der Waals surface area contributed by atoms with Crippen molar-refractivity contribution in [3.63, 3.8) is 0 Å². The number of aromatic hydroxyl groups is 1. The summed E-state index contributed by atoms with van der Waals surface area (Å²) in [6, 6.07) is 3.04. The molecule has 3 rings (SSSR count). The van der Waals surface area contributed by atoms with Crippen LogP contribution in [0, 0.1) is 0 Å². The standard InChI is InChI=1S/C17H20O6/c1-21-14(19)10-22-13-6-5-11-12(18)9-17(7-3-2-4-8-17)23-16(11)15(13)20/h5-6,20H,2-4,7-10H2,1H3. The molecule has 0 saturated heterocycles. The van der Waals surface area contributed by atoms with E-state index < -0.39 is 11.6 Å². The highest BCUT2D eigenvalue weighted by Gasteiger charge is 2.42. The van der Waals surface area contributed by atoms with E-state index in [0.717, 1.165) is 32.1 Å². The van der Waals surface area contributed by atoms with Crippen molar-refractivity contribution in [2.75, 3.05) is 13.7 Å². The van der Waals surface area contributed by atoms with Gasteiger partial charge in [-0.3, -0.25) is 4.79 Å². The van der Waals surface area contributed by atoms with E-state index in [1.54, 1.807) is 6.07 Å². The number of phenolic OH excluding ortho intramolecular Hbond substituents is 1. The van der Waals surface area contributed by atoms with Crippen molar-refractivity contribution in [1.29, 1.82) is 0 Å². The summed E-state index contributed by atoms with van der Waals surface area (Å²) in [6.07, 6.45) is 5.14. The van der Waals surface area contributed by atoms with Crippen LogP contribution < -0.4 is 9.47 Å². The normalized spacial score (nSPS) is 18.9. The smallest absolute Gasteiger partial charge is 0.343 e. The third-order valence-electron chi connectivity index (χ3n) is 4.53.